The second-order valence-electron chi connectivity index (χ2n) is 5.93. The molecule has 0 bridgehead atoms. The number of likely N-dealkylation sites (N-methyl/N-ethyl adjacent to an activating group) is 1. The van der Waals surface area contributed by atoms with Gasteiger partial charge in [0.05, 0.1) is 6.54 Å². The first kappa shape index (κ1) is 15.2. The third-order valence-electron chi connectivity index (χ3n) is 4.38. The molecule has 2 rings (SSSR count). The van der Waals surface area contributed by atoms with E-state index in [9.17, 15) is 4.79 Å². The summed E-state index contributed by atoms with van der Waals surface area (Å²) in [6.07, 6.45) is 1.13. The first-order chi connectivity index (χ1) is 9.60. The van der Waals surface area contributed by atoms with Gasteiger partial charge in [0.1, 0.15) is 0 Å². The lowest BCUT2D eigenvalue weighted by atomic mass is 9.97. The molecule has 0 N–H and O–H groups in total. The minimum atomic E-state index is 0.241. The van der Waals surface area contributed by atoms with Gasteiger partial charge < -0.3 is 4.90 Å². The van der Waals surface area contributed by atoms with Crippen LogP contribution in [0.15, 0.2) is 24.3 Å². The highest BCUT2D eigenvalue weighted by Gasteiger charge is 2.17. The van der Waals surface area contributed by atoms with Crippen LogP contribution < -0.4 is 0 Å². The molecule has 0 saturated carbocycles. The molecule has 0 aliphatic carbocycles. The summed E-state index contributed by atoms with van der Waals surface area (Å²) in [5, 5.41) is 0. The van der Waals surface area contributed by atoms with E-state index >= 15 is 0 Å². The quantitative estimate of drug-likeness (QED) is 0.771. The van der Waals surface area contributed by atoms with Gasteiger partial charge in [-0.3, -0.25) is 9.69 Å². The molecule has 1 heterocycles. The van der Waals surface area contributed by atoms with Crippen molar-refractivity contribution in [1.29, 1.82) is 0 Å². The van der Waals surface area contributed by atoms with Crippen LogP contribution >= 0.6 is 0 Å². The maximum Gasteiger partial charge on any atom is 0.176 e. The first-order valence-corrected chi connectivity index (χ1v) is 7.64. The Kier molecular flexibility index (Phi) is 5.32. The average molecular weight is 274 g/mol. The van der Waals surface area contributed by atoms with E-state index in [1.54, 1.807) is 0 Å². The van der Waals surface area contributed by atoms with Gasteiger partial charge in [-0.1, -0.05) is 38.1 Å². The number of piperazine rings is 1. The lowest BCUT2D eigenvalue weighted by Gasteiger charge is -2.31. The van der Waals surface area contributed by atoms with Crippen LogP contribution in [0.5, 0.6) is 0 Å². The molecule has 0 aromatic heterocycles. The minimum Gasteiger partial charge on any atom is -0.304 e. The van der Waals surface area contributed by atoms with Crippen LogP contribution in [0.2, 0.25) is 0 Å². The monoisotopic (exact) mass is 274 g/mol. The van der Waals surface area contributed by atoms with Crippen molar-refractivity contribution in [2.75, 3.05) is 39.8 Å². The highest BCUT2D eigenvalue weighted by Crippen LogP contribution is 2.19. The molecule has 0 spiro atoms. The van der Waals surface area contributed by atoms with Crippen LogP contribution in [0.25, 0.3) is 0 Å². The molecule has 1 aromatic rings. The van der Waals surface area contributed by atoms with E-state index in [2.05, 4.69) is 42.8 Å². The molecular formula is C17H26N2O. The van der Waals surface area contributed by atoms with E-state index < -0.39 is 0 Å². The van der Waals surface area contributed by atoms with Gasteiger partial charge in [0.2, 0.25) is 0 Å². The average Bonchev–Trinajstić information content (AvgIpc) is 2.49. The van der Waals surface area contributed by atoms with Crippen molar-refractivity contribution < 1.29 is 4.79 Å². The Balaban J connectivity index is 1.92. The van der Waals surface area contributed by atoms with E-state index in [0.717, 1.165) is 38.2 Å². The zero-order valence-corrected chi connectivity index (χ0v) is 12.9. The number of carbonyl (C=O) groups is 1. The highest BCUT2D eigenvalue weighted by atomic mass is 16.1. The van der Waals surface area contributed by atoms with Crippen molar-refractivity contribution in [1.82, 2.24) is 9.80 Å². The van der Waals surface area contributed by atoms with Crippen molar-refractivity contribution in [2.45, 2.75) is 26.2 Å². The summed E-state index contributed by atoms with van der Waals surface area (Å²) in [7, 11) is 2.13. The van der Waals surface area contributed by atoms with Gasteiger partial charge in [0.25, 0.3) is 0 Å². The second kappa shape index (κ2) is 7.00. The van der Waals surface area contributed by atoms with Crippen molar-refractivity contribution in [3.8, 4) is 0 Å². The Morgan fingerprint density at radius 2 is 1.75 bits per heavy atom. The largest absolute Gasteiger partial charge is 0.304 e. The topological polar surface area (TPSA) is 23.6 Å². The molecule has 1 aromatic carbocycles. The predicted octanol–water partition coefficient (Wildman–Crippen LogP) is 2.63. The summed E-state index contributed by atoms with van der Waals surface area (Å²) in [6.45, 7) is 9.07. The molecule has 110 valence electrons. The van der Waals surface area contributed by atoms with E-state index in [4.69, 9.17) is 0 Å². The molecule has 3 heteroatoms. The van der Waals surface area contributed by atoms with Gasteiger partial charge in [-0.15, -0.1) is 0 Å². The normalized spacial score (nSPS) is 18.9. The molecule has 20 heavy (non-hydrogen) atoms. The van der Waals surface area contributed by atoms with Gasteiger partial charge in [0, 0.05) is 31.7 Å². The van der Waals surface area contributed by atoms with Crippen LogP contribution in [0, 0.1) is 0 Å². The SMILES string of the molecule is CCC(C)c1ccc(C(=O)CN2CCN(C)CC2)cc1. The zero-order chi connectivity index (χ0) is 14.5. The highest BCUT2D eigenvalue weighted by molar-refractivity contribution is 5.97. The lowest BCUT2D eigenvalue weighted by molar-refractivity contribution is 0.0876. The van der Waals surface area contributed by atoms with E-state index in [1.807, 2.05) is 12.1 Å². The fourth-order valence-corrected chi connectivity index (χ4v) is 2.53. The maximum atomic E-state index is 12.3. The van der Waals surface area contributed by atoms with Crippen LogP contribution in [0.3, 0.4) is 0 Å². The maximum absolute atomic E-state index is 12.3. The molecule has 3 nitrogen and oxygen atoms in total. The summed E-state index contributed by atoms with van der Waals surface area (Å²) in [5.74, 6) is 0.807. The lowest BCUT2D eigenvalue weighted by Crippen LogP contribution is -2.46. The Morgan fingerprint density at radius 3 is 2.30 bits per heavy atom. The molecular weight excluding hydrogens is 248 g/mol. The van der Waals surface area contributed by atoms with Crippen LogP contribution in [0.4, 0.5) is 0 Å². The zero-order valence-electron chi connectivity index (χ0n) is 12.9. The number of hydrogen-bond acceptors (Lipinski definition) is 3. The van der Waals surface area contributed by atoms with Gasteiger partial charge in [0.15, 0.2) is 5.78 Å². The third-order valence-corrected chi connectivity index (χ3v) is 4.38. The predicted molar refractivity (Wildman–Crippen MR) is 83.4 cm³/mol. The molecule has 1 aliphatic rings. The molecule has 1 unspecified atom stereocenters. The van der Waals surface area contributed by atoms with Crippen molar-refractivity contribution in [3.05, 3.63) is 35.4 Å². The number of Topliss-reactive ketones (excluding diaryl/α,β-unsaturated/α-hetero) is 1. The first-order valence-electron chi connectivity index (χ1n) is 7.64. The number of ketones is 1. The number of nitrogens with zero attached hydrogens (tertiary/aromatic N) is 2. The van der Waals surface area contributed by atoms with Gasteiger partial charge in [-0.05, 0) is 24.9 Å². The van der Waals surface area contributed by atoms with Crippen molar-refractivity contribution in [2.24, 2.45) is 0 Å². The fourth-order valence-electron chi connectivity index (χ4n) is 2.53. The van der Waals surface area contributed by atoms with E-state index in [-0.39, 0.29) is 5.78 Å². The van der Waals surface area contributed by atoms with Crippen molar-refractivity contribution in [3.63, 3.8) is 0 Å². The van der Waals surface area contributed by atoms with Crippen molar-refractivity contribution >= 4 is 5.78 Å². The molecule has 0 amide bonds. The number of carbonyl (C=O) groups excluding carboxylic acids is 1. The minimum absolute atomic E-state index is 0.241. The van der Waals surface area contributed by atoms with Gasteiger partial charge >= 0.3 is 0 Å². The second-order valence-corrected chi connectivity index (χ2v) is 5.93. The third kappa shape index (κ3) is 3.90. The summed E-state index contributed by atoms with van der Waals surface area (Å²) < 4.78 is 0. The van der Waals surface area contributed by atoms with Gasteiger partial charge in [-0.25, -0.2) is 0 Å². The number of benzene rings is 1. The molecule has 1 atom stereocenters. The van der Waals surface area contributed by atoms with E-state index in [1.165, 1.54) is 5.56 Å². The Labute approximate surface area is 122 Å². The molecule has 1 saturated heterocycles. The Hall–Kier alpha value is -1.19. The van der Waals surface area contributed by atoms with Crippen LogP contribution in [0.1, 0.15) is 42.1 Å². The van der Waals surface area contributed by atoms with Crippen LogP contribution in [-0.2, 0) is 0 Å². The Bertz CT molecular complexity index is 433. The van der Waals surface area contributed by atoms with Gasteiger partial charge in [-0.2, -0.15) is 0 Å². The summed E-state index contributed by atoms with van der Waals surface area (Å²) >= 11 is 0. The summed E-state index contributed by atoms with van der Waals surface area (Å²) in [4.78, 5) is 16.9. The fraction of sp³-hybridized carbons (Fsp3) is 0.588. The summed E-state index contributed by atoms with van der Waals surface area (Å²) in [5.41, 5.74) is 2.17. The number of rotatable bonds is 5. The van der Waals surface area contributed by atoms with Crippen LogP contribution in [-0.4, -0.2) is 55.4 Å². The molecule has 1 fully saturated rings. The summed E-state index contributed by atoms with van der Waals surface area (Å²) in [6, 6.07) is 8.18. The molecule has 1 aliphatic heterocycles. The molecule has 0 radical (unpaired) electrons. The number of hydrogen-bond donors (Lipinski definition) is 0. The Morgan fingerprint density at radius 1 is 1.15 bits per heavy atom. The standard InChI is InChI=1S/C17H26N2O/c1-4-14(2)15-5-7-16(8-6-15)17(20)13-19-11-9-18(3)10-12-19/h5-8,14H,4,9-13H2,1-3H3. The smallest absolute Gasteiger partial charge is 0.176 e. The van der Waals surface area contributed by atoms with E-state index in [0.29, 0.717) is 12.5 Å².